The molecule has 2 aliphatic rings. The van der Waals surface area contributed by atoms with Crippen molar-refractivity contribution < 1.29 is 42.1 Å². The summed E-state index contributed by atoms with van der Waals surface area (Å²) in [5.74, 6) is -2.60. The minimum absolute atomic E-state index is 0.145. The first-order valence-electron chi connectivity index (χ1n) is 8.79. The normalized spacial score (nSPS) is 19.1. The number of hydrogen-bond acceptors (Lipinski definition) is 6. The molecule has 2 aliphatic carbocycles. The van der Waals surface area contributed by atoms with Crippen molar-refractivity contribution in [2.24, 2.45) is 5.92 Å². The van der Waals surface area contributed by atoms with Crippen molar-refractivity contribution in [2.75, 3.05) is 0 Å². The van der Waals surface area contributed by atoms with Crippen LogP contribution >= 0.6 is 0 Å². The molecule has 0 N–H and O–H groups in total. The zero-order valence-corrected chi connectivity index (χ0v) is 17.3. The summed E-state index contributed by atoms with van der Waals surface area (Å²) in [7, 11) is 0. The van der Waals surface area contributed by atoms with Gasteiger partial charge in [0, 0.05) is 0 Å². The first kappa shape index (κ1) is 21.1. The van der Waals surface area contributed by atoms with E-state index in [0.29, 0.717) is 3.88 Å². The van der Waals surface area contributed by atoms with Crippen LogP contribution in [0.4, 0.5) is 0 Å². The van der Waals surface area contributed by atoms with Crippen LogP contribution in [-0.2, 0) is 42.1 Å². The van der Waals surface area contributed by atoms with Gasteiger partial charge in [-0.3, -0.25) is 0 Å². The van der Waals surface area contributed by atoms with E-state index in [0.717, 1.165) is 49.5 Å². The maximum absolute atomic E-state index is 12.1. The van der Waals surface area contributed by atoms with E-state index in [1.54, 1.807) is 0 Å². The fourth-order valence-electron chi connectivity index (χ4n) is 3.74. The third-order valence-electron chi connectivity index (χ3n) is 4.86. The Bertz CT molecular complexity index is 718. The van der Waals surface area contributed by atoms with Crippen LogP contribution in [0, 0.1) is 5.92 Å². The summed E-state index contributed by atoms with van der Waals surface area (Å²) in [6, 6.07) is 0. The van der Waals surface area contributed by atoms with Gasteiger partial charge in [-0.15, -0.1) is 0 Å². The maximum atomic E-state index is 12.1. The van der Waals surface area contributed by atoms with E-state index < -0.39 is 35.7 Å². The third-order valence-corrected chi connectivity index (χ3v) is 9.35. The van der Waals surface area contributed by atoms with Crippen molar-refractivity contribution in [2.45, 2.75) is 39.5 Å². The number of hydrogen-bond donors (Lipinski definition) is 0. The van der Waals surface area contributed by atoms with Gasteiger partial charge in [0.15, 0.2) is 0 Å². The molecule has 0 radical (unpaired) electrons. The first-order chi connectivity index (χ1) is 12.8. The summed E-state index contributed by atoms with van der Waals surface area (Å²) in [5, 5.41) is 0. The summed E-state index contributed by atoms with van der Waals surface area (Å²) in [5.41, 5.74) is 3.28. The second kappa shape index (κ2) is 8.68. The monoisotopic (exact) mass is 408 g/mol. The number of rotatable bonds is 7. The van der Waals surface area contributed by atoms with Crippen molar-refractivity contribution in [3.05, 3.63) is 58.6 Å². The standard InChI is InChI=1S/C11H15.3C3H4O2.Ti/c1-8-7-9(2)11-6-4-3-5-10(8)11;3*1-2-3(4)5;/h8H,3-6H2,1-2H3;3*2H,1H2,(H,4,5);/q;;;;+3/p-3. The molecule has 144 valence electrons. The fourth-order valence-corrected chi connectivity index (χ4v) is 8.14. The molecule has 27 heavy (non-hydrogen) atoms. The molecule has 0 saturated carbocycles. The molecule has 0 aromatic heterocycles. The van der Waals surface area contributed by atoms with Gasteiger partial charge in [-0.2, -0.15) is 0 Å². The quantitative estimate of drug-likeness (QED) is 0.470. The van der Waals surface area contributed by atoms with Crippen molar-refractivity contribution in [3.8, 4) is 0 Å². The van der Waals surface area contributed by atoms with Gasteiger partial charge < -0.3 is 0 Å². The van der Waals surface area contributed by atoms with Gasteiger partial charge >= 0.3 is 164 Å². The van der Waals surface area contributed by atoms with Gasteiger partial charge in [-0.25, -0.2) is 0 Å². The van der Waals surface area contributed by atoms with Crippen LogP contribution in [0.1, 0.15) is 39.5 Å². The van der Waals surface area contributed by atoms with Gasteiger partial charge in [0.2, 0.25) is 0 Å². The van der Waals surface area contributed by atoms with Crippen molar-refractivity contribution in [1.82, 2.24) is 0 Å². The van der Waals surface area contributed by atoms with E-state index >= 15 is 0 Å². The number of allylic oxidation sites excluding steroid dienone is 4. The average Bonchev–Trinajstić information content (AvgIpc) is 2.92. The molecule has 0 saturated heterocycles. The molecule has 0 fully saturated rings. The van der Waals surface area contributed by atoms with Crippen LogP contribution < -0.4 is 0 Å². The minimum atomic E-state index is -4.92. The van der Waals surface area contributed by atoms with Crippen LogP contribution in [0.15, 0.2) is 58.6 Å². The van der Waals surface area contributed by atoms with Gasteiger partial charge in [0.1, 0.15) is 0 Å². The van der Waals surface area contributed by atoms with Gasteiger partial charge in [0.25, 0.3) is 0 Å². The molecule has 0 amide bonds. The molecule has 7 heteroatoms. The van der Waals surface area contributed by atoms with Crippen LogP contribution in [0.5, 0.6) is 0 Å². The van der Waals surface area contributed by atoms with Crippen LogP contribution in [0.2, 0.25) is 0 Å². The van der Waals surface area contributed by atoms with E-state index in [4.69, 9.17) is 9.96 Å². The Morgan fingerprint density at radius 3 is 1.78 bits per heavy atom. The van der Waals surface area contributed by atoms with E-state index in [9.17, 15) is 14.4 Å². The molecule has 0 aromatic rings. The Hall–Kier alpha value is -2.18. The second-order valence-corrected chi connectivity index (χ2v) is 9.94. The Labute approximate surface area is 164 Å². The molecule has 0 aliphatic heterocycles. The van der Waals surface area contributed by atoms with E-state index in [-0.39, 0.29) is 5.92 Å². The molecular formula is C20H24O6Ti. The molecule has 2 rings (SSSR count). The Morgan fingerprint density at radius 2 is 1.37 bits per heavy atom. The Kier molecular flexibility index (Phi) is 6.79. The summed E-state index contributed by atoms with van der Waals surface area (Å²) >= 11 is -4.92. The molecule has 1 unspecified atom stereocenters. The molecular weight excluding hydrogens is 384 g/mol. The number of carbonyl (C=O) groups excluding carboxylic acids is 3. The first-order valence-corrected chi connectivity index (χ1v) is 11.5. The van der Waals surface area contributed by atoms with Crippen LogP contribution in [-0.4, -0.2) is 17.9 Å². The van der Waals surface area contributed by atoms with Gasteiger partial charge in [0.05, 0.1) is 0 Å². The SMILES string of the molecule is C=CC(=O)[O][Ti]([O]C(=O)C=C)([O]C(=O)C=C)[C]1=C(C)C2=C(CCCC2)C1C. The van der Waals surface area contributed by atoms with E-state index in [1.165, 1.54) is 11.1 Å². The molecule has 0 bridgehead atoms. The summed E-state index contributed by atoms with van der Waals surface area (Å²) < 4.78 is 17.2. The Balaban J connectivity index is 2.63. The van der Waals surface area contributed by atoms with Gasteiger partial charge in [-0.1, -0.05) is 0 Å². The predicted molar refractivity (Wildman–Crippen MR) is 96.2 cm³/mol. The second-order valence-electron chi connectivity index (χ2n) is 6.40. The van der Waals surface area contributed by atoms with Crippen molar-refractivity contribution in [1.29, 1.82) is 0 Å². The number of carbonyl (C=O) groups is 3. The molecule has 0 spiro atoms. The van der Waals surface area contributed by atoms with Crippen LogP contribution in [0.3, 0.4) is 0 Å². The summed E-state index contributed by atoms with van der Waals surface area (Å²) in [6.45, 7) is 14.0. The Morgan fingerprint density at radius 1 is 0.926 bits per heavy atom. The van der Waals surface area contributed by atoms with Crippen molar-refractivity contribution in [3.63, 3.8) is 0 Å². The van der Waals surface area contributed by atoms with E-state index in [2.05, 4.69) is 19.7 Å². The molecule has 6 nitrogen and oxygen atoms in total. The predicted octanol–water partition coefficient (Wildman–Crippen LogP) is 3.87. The van der Waals surface area contributed by atoms with Crippen LogP contribution in [0.25, 0.3) is 0 Å². The average molecular weight is 408 g/mol. The summed E-state index contributed by atoms with van der Waals surface area (Å²) in [6.07, 6.45) is 6.78. The zero-order chi connectivity index (χ0) is 20.2. The third kappa shape index (κ3) is 4.23. The van der Waals surface area contributed by atoms with Gasteiger partial charge in [-0.05, 0) is 0 Å². The van der Waals surface area contributed by atoms with E-state index in [1.807, 2.05) is 13.8 Å². The zero-order valence-electron chi connectivity index (χ0n) is 15.7. The van der Waals surface area contributed by atoms with Crippen molar-refractivity contribution >= 4 is 17.9 Å². The molecule has 0 aromatic carbocycles. The fraction of sp³-hybridized carbons (Fsp3) is 0.350. The molecule has 1 atom stereocenters. The summed E-state index contributed by atoms with van der Waals surface area (Å²) in [4.78, 5) is 36.3. The topological polar surface area (TPSA) is 78.9 Å². The molecule has 0 heterocycles.